The molecule has 120 valence electrons. The quantitative estimate of drug-likeness (QED) is 0.686. The van der Waals surface area contributed by atoms with Gasteiger partial charge in [0.15, 0.2) is 0 Å². The van der Waals surface area contributed by atoms with E-state index in [1.807, 2.05) is 0 Å². The highest BCUT2D eigenvalue weighted by molar-refractivity contribution is 5.79. The molecule has 0 aromatic rings. The Morgan fingerprint density at radius 2 is 2.00 bits per heavy atom. The molecule has 2 saturated heterocycles. The molecule has 2 aliphatic rings. The Balaban J connectivity index is 1.96. The number of nitrogens with zero attached hydrogens (tertiary/aromatic N) is 1. The van der Waals surface area contributed by atoms with Crippen LogP contribution < -0.4 is 5.32 Å². The summed E-state index contributed by atoms with van der Waals surface area (Å²) in [5, 5.41) is 22.1. The van der Waals surface area contributed by atoms with Gasteiger partial charge in [0.2, 0.25) is 0 Å². The number of ether oxygens (including phenoxy) is 1. The number of rotatable bonds is 2. The molecule has 0 spiro atoms. The zero-order chi connectivity index (χ0) is 15.7. The van der Waals surface area contributed by atoms with Crippen LogP contribution in [0.2, 0.25) is 0 Å². The maximum Gasteiger partial charge on any atom is 0.317 e. The van der Waals surface area contributed by atoms with Crippen molar-refractivity contribution in [3.05, 3.63) is 0 Å². The number of urea groups is 1. The first kappa shape index (κ1) is 16.0. The van der Waals surface area contributed by atoms with Crippen molar-refractivity contribution < 1.29 is 24.5 Å². The molecule has 2 fully saturated rings. The second-order valence-electron chi connectivity index (χ2n) is 6.58. The normalized spacial score (nSPS) is 37.1. The van der Waals surface area contributed by atoms with E-state index >= 15 is 0 Å². The number of nitrogens with one attached hydrogen (secondary N) is 1. The van der Waals surface area contributed by atoms with Gasteiger partial charge in [-0.05, 0) is 33.1 Å². The first-order valence-electron chi connectivity index (χ1n) is 7.34. The Hall–Kier alpha value is -1.34. The molecule has 2 rings (SSSR count). The summed E-state index contributed by atoms with van der Waals surface area (Å²) in [7, 11) is 0. The SMILES string of the molecule is CC1(O)CCCN(C(=O)NC2COCC2(C)C(=O)O)CC1. The van der Waals surface area contributed by atoms with Crippen LogP contribution >= 0.6 is 0 Å². The predicted octanol–water partition coefficient (Wildman–Crippen LogP) is 0.423. The summed E-state index contributed by atoms with van der Waals surface area (Å²) in [6.07, 6.45) is 1.92. The number of likely N-dealkylation sites (tertiary alicyclic amines) is 1. The smallest absolute Gasteiger partial charge is 0.317 e. The van der Waals surface area contributed by atoms with E-state index in [1.54, 1.807) is 18.7 Å². The summed E-state index contributed by atoms with van der Waals surface area (Å²) in [6.45, 7) is 4.71. The molecule has 0 saturated carbocycles. The van der Waals surface area contributed by atoms with Crippen molar-refractivity contribution in [3.8, 4) is 0 Å². The molecule has 2 amide bonds. The Kier molecular flexibility index (Phi) is 4.43. The van der Waals surface area contributed by atoms with Crippen LogP contribution in [-0.4, -0.2) is 65.1 Å². The topological polar surface area (TPSA) is 99.1 Å². The number of amides is 2. The summed E-state index contributed by atoms with van der Waals surface area (Å²) in [4.78, 5) is 25.3. The second-order valence-corrected chi connectivity index (χ2v) is 6.58. The summed E-state index contributed by atoms with van der Waals surface area (Å²) >= 11 is 0. The Bertz CT molecular complexity index is 426. The second kappa shape index (κ2) is 5.81. The number of carbonyl (C=O) groups is 2. The van der Waals surface area contributed by atoms with E-state index in [0.717, 1.165) is 6.42 Å². The first-order chi connectivity index (χ1) is 9.74. The van der Waals surface area contributed by atoms with Gasteiger partial charge in [-0.3, -0.25) is 4.79 Å². The molecule has 21 heavy (non-hydrogen) atoms. The van der Waals surface area contributed by atoms with Crippen LogP contribution in [0.5, 0.6) is 0 Å². The molecular formula is C14H24N2O5. The number of hydrogen-bond acceptors (Lipinski definition) is 4. The maximum atomic E-state index is 12.3. The average molecular weight is 300 g/mol. The molecule has 7 nitrogen and oxygen atoms in total. The lowest BCUT2D eigenvalue weighted by molar-refractivity contribution is -0.148. The lowest BCUT2D eigenvalue weighted by atomic mass is 9.85. The number of aliphatic carboxylic acids is 1. The highest BCUT2D eigenvalue weighted by Gasteiger charge is 2.47. The lowest BCUT2D eigenvalue weighted by Crippen LogP contribution is -2.53. The minimum Gasteiger partial charge on any atom is -0.481 e. The van der Waals surface area contributed by atoms with Crippen LogP contribution in [-0.2, 0) is 9.53 Å². The molecule has 0 aromatic heterocycles. The van der Waals surface area contributed by atoms with Crippen molar-refractivity contribution in [2.24, 2.45) is 5.41 Å². The Morgan fingerprint density at radius 1 is 1.29 bits per heavy atom. The van der Waals surface area contributed by atoms with Crippen LogP contribution in [0.25, 0.3) is 0 Å². The van der Waals surface area contributed by atoms with Gasteiger partial charge in [-0.15, -0.1) is 0 Å². The molecule has 0 aliphatic carbocycles. The van der Waals surface area contributed by atoms with Gasteiger partial charge in [-0.25, -0.2) is 4.79 Å². The molecule has 0 radical (unpaired) electrons. The van der Waals surface area contributed by atoms with E-state index in [0.29, 0.717) is 25.9 Å². The van der Waals surface area contributed by atoms with E-state index < -0.39 is 23.0 Å². The summed E-state index contributed by atoms with van der Waals surface area (Å²) in [5.41, 5.74) is -1.83. The number of carbonyl (C=O) groups excluding carboxylic acids is 1. The van der Waals surface area contributed by atoms with Crippen LogP contribution in [0.1, 0.15) is 33.1 Å². The van der Waals surface area contributed by atoms with Gasteiger partial charge in [0, 0.05) is 13.1 Å². The zero-order valence-electron chi connectivity index (χ0n) is 12.6. The zero-order valence-corrected chi connectivity index (χ0v) is 12.6. The molecule has 0 aromatic carbocycles. The van der Waals surface area contributed by atoms with Gasteiger partial charge in [-0.2, -0.15) is 0 Å². The van der Waals surface area contributed by atoms with E-state index in [1.165, 1.54) is 0 Å². The van der Waals surface area contributed by atoms with Crippen LogP contribution in [0.4, 0.5) is 4.79 Å². The molecule has 3 atom stereocenters. The van der Waals surface area contributed by atoms with Crippen molar-refractivity contribution in [2.75, 3.05) is 26.3 Å². The summed E-state index contributed by atoms with van der Waals surface area (Å²) in [6, 6.07) is -0.818. The van der Waals surface area contributed by atoms with E-state index in [9.17, 15) is 19.8 Å². The largest absolute Gasteiger partial charge is 0.481 e. The predicted molar refractivity (Wildman–Crippen MR) is 74.9 cm³/mol. The molecule has 3 unspecified atom stereocenters. The third-order valence-electron chi connectivity index (χ3n) is 4.59. The van der Waals surface area contributed by atoms with Gasteiger partial charge >= 0.3 is 12.0 Å². The first-order valence-corrected chi connectivity index (χ1v) is 7.34. The summed E-state index contributed by atoms with van der Waals surface area (Å²) in [5.74, 6) is -0.968. The van der Waals surface area contributed by atoms with Gasteiger partial charge in [0.05, 0.1) is 24.9 Å². The van der Waals surface area contributed by atoms with E-state index in [-0.39, 0.29) is 19.2 Å². The fraction of sp³-hybridized carbons (Fsp3) is 0.857. The van der Waals surface area contributed by atoms with Crippen molar-refractivity contribution >= 4 is 12.0 Å². The van der Waals surface area contributed by atoms with Crippen LogP contribution in [0.15, 0.2) is 0 Å². The van der Waals surface area contributed by atoms with Crippen molar-refractivity contribution in [1.82, 2.24) is 10.2 Å². The monoisotopic (exact) mass is 300 g/mol. The van der Waals surface area contributed by atoms with Crippen molar-refractivity contribution in [1.29, 1.82) is 0 Å². The Morgan fingerprint density at radius 3 is 2.67 bits per heavy atom. The number of aliphatic hydroxyl groups is 1. The number of carboxylic acid groups (broad SMARTS) is 1. The third kappa shape index (κ3) is 3.47. The van der Waals surface area contributed by atoms with Gasteiger partial charge in [0.1, 0.15) is 5.41 Å². The van der Waals surface area contributed by atoms with E-state index in [4.69, 9.17) is 4.74 Å². The highest BCUT2D eigenvalue weighted by Crippen LogP contribution is 2.29. The van der Waals surface area contributed by atoms with E-state index in [2.05, 4.69) is 5.32 Å². The Labute approximate surface area is 124 Å². The molecule has 2 heterocycles. The fourth-order valence-electron chi connectivity index (χ4n) is 2.79. The van der Waals surface area contributed by atoms with Gasteiger partial charge in [0.25, 0.3) is 0 Å². The molecule has 7 heteroatoms. The standard InChI is InChI=1S/C14H24N2O5/c1-13(20)4-3-6-16(7-5-13)12(19)15-10-8-21-9-14(10,2)11(17)18/h10,20H,3-9H2,1-2H3,(H,15,19)(H,17,18). The number of carboxylic acids is 1. The maximum absolute atomic E-state index is 12.3. The minimum absolute atomic E-state index is 0.0992. The van der Waals surface area contributed by atoms with Crippen LogP contribution in [0, 0.1) is 5.41 Å². The average Bonchev–Trinajstić information content (AvgIpc) is 2.66. The lowest BCUT2D eigenvalue weighted by Gasteiger charge is -2.29. The minimum atomic E-state index is -1.09. The van der Waals surface area contributed by atoms with Gasteiger partial charge in [-0.1, -0.05) is 0 Å². The number of hydrogen-bond donors (Lipinski definition) is 3. The summed E-state index contributed by atoms with van der Waals surface area (Å²) < 4.78 is 5.23. The third-order valence-corrected chi connectivity index (χ3v) is 4.59. The van der Waals surface area contributed by atoms with Crippen LogP contribution in [0.3, 0.4) is 0 Å². The van der Waals surface area contributed by atoms with Gasteiger partial charge < -0.3 is 25.2 Å². The van der Waals surface area contributed by atoms with Crippen molar-refractivity contribution in [3.63, 3.8) is 0 Å². The highest BCUT2D eigenvalue weighted by atomic mass is 16.5. The molecule has 3 N–H and O–H groups in total. The molecule has 0 bridgehead atoms. The molecule has 2 aliphatic heterocycles. The molecular weight excluding hydrogens is 276 g/mol. The van der Waals surface area contributed by atoms with Crippen molar-refractivity contribution in [2.45, 2.75) is 44.8 Å². The fourth-order valence-corrected chi connectivity index (χ4v) is 2.79.